The van der Waals surface area contributed by atoms with Crippen LogP contribution in [0.2, 0.25) is 0 Å². The van der Waals surface area contributed by atoms with Crippen molar-refractivity contribution in [2.75, 3.05) is 24.7 Å². The van der Waals surface area contributed by atoms with Crippen molar-refractivity contribution in [2.24, 2.45) is 7.05 Å². The maximum Gasteiger partial charge on any atom is 0.358 e. The first-order valence-electron chi connectivity index (χ1n) is 5.98. The minimum Gasteiger partial charge on any atom is -0.461 e. The SMILES string of the molecule is C=CCNC(=S)Nc1nc(SC)n(C)c1C(=O)OCC. The predicted octanol–water partition coefficient (Wildman–Crippen LogP) is 1.79. The molecule has 0 aromatic carbocycles. The Morgan fingerprint density at radius 3 is 2.90 bits per heavy atom. The van der Waals surface area contributed by atoms with E-state index in [-0.39, 0.29) is 0 Å². The minimum absolute atomic E-state index is 0.303. The highest BCUT2D eigenvalue weighted by Crippen LogP contribution is 2.23. The van der Waals surface area contributed by atoms with E-state index in [0.29, 0.717) is 34.9 Å². The van der Waals surface area contributed by atoms with Gasteiger partial charge in [0.1, 0.15) is 0 Å². The molecule has 0 fully saturated rings. The van der Waals surface area contributed by atoms with E-state index in [1.165, 1.54) is 11.8 Å². The minimum atomic E-state index is -0.433. The molecule has 0 radical (unpaired) electrons. The fourth-order valence-electron chi connectivity index (χ4n) is 1.50. The lowest BCUT2D eigenvalue weighted by atomic mass is 10.4. The second-order valence-electron chi connectivity index (χ2n) is 3.70. The van der Waals surface area contributed by atoms with Gasteiger partial charge in [0.2, 0.25) is 0 Å². The van der Waals surface area contributed by atoms with Gasteiger partial charge < -0.3 is 19.9 Å². The summed E-state index contributed by atoms with van der Waals surface area (Å²) in [5, 5.41) is 6.90. The summed E-state index contributed by atoms with van der Waals surface area (Å²) in [6, 6.07) is 0. The molecule has 0 saturated carbocycles. The van der Waals surface area contributed by atoms with Gasteiger partial charge in [-0.3, -0.25) is 0 Å². The number of thioether (sulfide) groups is 1. The van der Waals surface area contributed by atoms with Crippen molar-refractivity contribution in [3.8, 4) is 0 Å². The molecule has 0 spiro atoms. The Morgan fingerprint density at radius 2 is 2.35 bits per heavy atom. The normalized spacial score (nSPS) is 9.95. The Hall–Kier alpha value is -1.54. The molecule has 20 heavy (non-hydrogen) atoms. The van der Waals surface area contributed by atoms with E-state index < -0.39 is 5.97 Å². The highest BCUT2D eigenvalue weighted by Gasteiger charge is 2.22. The van der Waals surface area contributed by atoms with Crippen LogP contribution >= 0.6 is 24.0 Å². The van der Waals surface area contributed by atoms with E-state index in [1.54, 1.807) is 24.6 Å². The van der Waals surface area contributed by atoms with E-state index >= 15 is 0 Å². The number of nitrogens with one attached hydrogen (secondary N) is 2. The van der Waals surface area contributed by atoms with Gasteiger partial charge in [0, 0.05) is 13.6 Å². The van der Waals surface area contributed by atoms with Crippen LogP contribution in [0.5, 0.6) is 0 Å². The van der Waals surface area contributed by atoms with Crippen molar-refractivity contribution in [3.63, 3.8) is 0 Å². The van der Waals surface area contributed by atoms with Crippen LogP contribution in [-0.4, -0.2) is 40.0 Å². The molecule has 0 atom stereocenters. The molecule has 0 bridgehead atoms. The predicted molar refractivity (Wildman–Crippen MR) is 85.4 cm³/mol. The topological polar surface area (TPSA) is 68.2 Å². The molecule has 0 aliphatic carbocycles. The average molecular weight is 314 g/mol. The number of hydrogen-bond donors (Lipinski definition) is 2. The third-order valence-corrected chi connectivity index (χ3v) is 3.32. The lowest BCUT2D eigenvalue weighted by Gasteiger charge is -2.09. The largest absolute Gasteiger partial charge is 0.461 e. The Labute approximate surface area is 128 Å². The molecule has 6 nitrogen and oxygen atoms in total. The zero-order chi connectivity index (χ0) is 15.1. The summed E-state index contributed by atoms with van der Waals surface area (Å²) in [4.78, 5) is 16.3. The molecule has 1 aromatic heterocycles. The summed E-state index contributed by atoms with van der Waals surface area (Å²) in [5.41, 5.74) is 0.346. The Balaban J connectivity index is 3.01. The number of ether oxygens (including phenoxy) is 1. The van der Waals surface area contributed by atoms with Gasteiger partial charge in [-0.1, -0.05) is 17.8 Å². The molecule has 0 unspecified atom stereocenters. The van der Waals surface area contributed by atoms with E-state index in [2.05, 4.69) is 22.2 Å². The number of thiocarbonyl (C=S) groups is 1. The van der Waals surface area contributed by atoms with E-state index in [1.807, 2.05) is 6.26 Å². The van der Waals surface area contributed by atoms with Crippen molar-refractivity contribution in [2.45, 2.75) is 12.1 Å². The third kappa shape index (κ3) is 3.97. The van der Waals surface area contributed by atoms with Crippen molar-refractivity contribution < 1.29 is 9.53 Å². The van der Waals surface area contributed by atoms with Gasteiger partial charge in [-0.25, -0.2) is 9.78 Å². The molecule has 2 N–H and O–H groups in total. The van der Waals surface area contributed by atoms with Crippen LogP contribution < -0.4 is 10.6 Å². The molecule has 1 aromatic rings. The molecule has 0 saturated heterocycles. The number of rotatable bonds is 6. The van der Waals surface area contributed by atoms with E-state index in [0.717, 1.165) is 0 Å². The van der Waals surface area contributed by atoms with Crippen LogP contribution in [0, 0.1) is 0 Å². The zero-order valence-corrected chi connectivity index (χ0v) is 13.4. The van der Waals surface area contributed by atoms with Gasteiger partial charge >= 0.3 is 5.97 Å². The first-order valence-corrected chi connectivity index (χ1v) is 7.62. The van der Waals surface area contributed by atoms with Gasteiger partial charge in [0.05, 0.1) is 6.61 Å². The smallest absolute Gasteiger partial charge is 0.358 e. The number of nitrogens with zero attached hydrogens (tertiary/aromatic N) is 2. The number of imidazole rings is 1. The van der Waals surface area contributed by atoms with Gasteiger partial charge in [0.15, 0.2) is 21.8 Å². The first kappa shape index (κ1) is 16.5. The Bertz CT molecular complexity index is 514. The second kappa shape index (κ2) is 7.91. The monoisotopic (exact) mass is 314 g/mol. The summed E-state index contributed by atoms with van der Waals surface area (Å²) in [6.45, 7) is 6.18. The number of hydrogen-bond acceptors (Lipinski definition) is 5. The zero-order valence-electron chi connectivity index (χ0n) is 11.7. The van der Waals surface area contributed by atoms with Crippen molar-refractivity contribution in [1.29, 1.82) is 0 Å². The fourth-order valence-corrected chi connectivity index (χ4v) is 2.23. The quantitative estimate of drug-likeness (QED) is 0.359. The molecule has 1 heterocycles. The maximum absolute atomic E-state index is 12.0. The molecule has 0 aliphatic heterocycles. The first-order chi connectivity index (χ1) is 9.54. The molecule has 1 rings (SSSR count). The average Bonchev–Trinajstić information content (AvgIpc) is 2.72. The van der Waals surface area contributed by atoms with Crippen molar-refractivity contribution in [1.82, 2.24) is 14.9 Å². The van der Waals surface area contributed by atoms with E-state index in [9.17, 15) is 4.79 Å². The summed E-state index contributed by atoms with van der Waals surface area (Å²) in [5.74, 6) is -0.0475. The molecular weight excluding hydrogens is 296 g/mol. The third-order valence-electron chi connectivity index (χ3n) is 2.34. The lowest BCUT2D eigenvalue weighted by Crippen LogP contribution is -2.29. The summed E-state index contributed by atoms with van der Waals surface area (Å²) in [7, 11) is 1.76. The molecular formula is C12H18N4O2S2. The van der Waals surface area contributed by atoms with Crippen LogP contribution in [0.1, 0.15) is 17.4 Å². The second-order valence-corrected chi connectivity index (χ2v) is 4.88. The Morgan fingerprint density at radius 1 is 1.65 bits per heavy atom. The number of anilines is 1. The summed E-state index contributed by atoms with van der Waals surface area (Å²) < 4.78 is 6.72. The Kier molecular flexibility index (Phi) is 6.53. The standard InChI is InChI=1S/C12H18N4O2S2/c1-5-7-13-11(19)14-9-8(10(17)18-6-2)16(3)12(15-9)20-4/h5H,1,6-7H2,2-4H3,(H2,13,14,19). The van der Waals surface area contributed by atoms with Crippen LogP contribution in [0.4, 0.5) is 5.82 Å². The summed E-state index contributed by atoms with van der Waals surface area (Å²) in [6.07, 6.45) is 3.57. The highest BCUT2D eigenvalue weighted by atomic mass is 32.2. The maximum atomic E-state index is 12.0. The van der Waals surface area contributed by atoms with Crippen LogP contribution in [0.15, 0.2) is 17.8 Å². The number of esters is 1. The molecule has 8 heteroatoms. The van der Waals surface area contributed by atoms with Crippen LogP contribution in [-0.2, 0) is 11.8 Å². The fraction of sp³-hybridized carbons (Fsp3) is 0.417. The van der Waals surface area contributed by atoms with Crippen LogP contribution in [0.25, 0.3) is 0 Å². The van der Waals surface area contributed by atoms with E-state index in [4.69, 9.17) is 17.0 Å². The summed E-state index contributed by atoms with van der Waals surface area (Å²) >= 11 is 6.56. The molecule has 110 valence electrons. The lowest BCUT2D eigenvalue weighted by molar-refractivity contribution is 0.0515. The van der Waals surface area contributed by atoms with Crippen molar-refractivity contribution >= 4 is 40.9 Å². The number of carbonyl (C=O) groups excluding carboxylic acids is 1. The van der Waals surface area contributed by atoms with Crippen LogP contribution in [0.3, 0.4) is 0 Å². The van der Waals surface area contributed by atoms with Gasteiger partial charge in [-0.2, -0.15) is 0 Å². The number of carbonyl (C=O) groups is 1. The molecule has 0 amide bonds. The highest BCUT2D eigenvalue weighted by molar-refractivity contribution is 7.98. The van der Waals surface area contributed by atoms with Gasteiger partial charge in [-0.15, -0.1) is 6.58 Å². The number of aromatic nitrogens is 2. The van der Waals surface area contributed by atoms with Gasteiger partial charge in [-0.05, 0) is 25.4 Å². The van der Waals surface area contributed by atoms with Crippen molar-refractivity contribution in [3.05, 3.63) is 18.3 Å². The van der Waals surface area contributed by atoms with Gasteiger partial charge in [0.25, 0.3) is 0 Å². The molecule has 0 aliphatic rings.